The third-order valence-corrected chi connectivity index (χ3v) is 5.03. The number of methoxy groups -OCH3 is 1. The summed E-state index contributed by atoms with van der Waals surface area (Å²) in [4.78, 5) is 12.7. The molecular weight excluding hydrogens is 276 g/mol. The van der Waals surface area contributed by atoms with Gasteiger partial charge in [-0.3, -0.25) is 4.79 Å². The summed E-state index contributed by atoms with van der Waals surface area (Å²) in [5.41, 5.74) is 3.57. The molecule has 3 rings (SSSR count). The zero-order valence-electron chi connectivity index (χ0n) is 13.4. The van der Waals surface area contributed by atoms with Crippen molar-refractivity contribution in [2.75, 3.05) is 13.9 Å². The van der Waals surface area contributed by atoms with Gasteiger partial charge >= 0.3 is 0 Å². The van der Waals surface area contributed by atoms with Crippen molar-refractivity contribution in [1.82, 2.24) is 0 Å². The Morgan fingerprint density at radius 3 is 2.64 bits per heavy atom. The fourth-order valence-corrected chi connectivity index (χ4v) is 3.91. The molecule has 3 nitrogen and oxygen atoms in total. The Bertz CT molecular complexity index is 571. The maximum atomic E-state index is 12.7. The topological polar surface area (TPSA) is 35.5 Å². The van der Waals surface area contributed by atoms with E-state index in [1.165, 1.54) is 24.8 Å². The highest BCUT2D eigenvalue weighted by Crippen LogP contribution is 2.47. The molecule has 0 N–H and O–H groups in total. The van der Waals surface area contributed by atoms with E-state index in [0.29, 0.717) is 11.7 Å². The van der Waals surface area contributed by atoms with Crippen LogP contribution in [0.2, 0.25) is 0 Å². The lowest BCUT2D eigenvalue weighted by Gasteiger charge is -2.20. The van der Waals surface area contributed by atoms with Crippen molar-refractivity contribution >= 4 is 5.78 Å². The molecule has 0 saturated heterocycles. The van der Waals surface area contributed by atoms with Gasteiger partial charge in [0, 0.05) is 7.11 Å². The summed E-state index contributed by atoms with van der Waals surface area (Å²) in [7, 11) is 1.60. The first kappa shape index (κ1) is 15.3. The van der Waals surface area contributed by atoms with E-state index in [4.69, 9.17) is 9.47 Å². The van der Waals surface area contributed by atoms with Crippen LogP contribution in [0.15, 0.2) is 35.4 Å². The number of carbonyl (C=O) groups is 1. The summed E-state index contributed by atoms with van der Waals surface area (Å²) in [6.07, 6.45) is 6.00. The minimum absolute atomic E-state index is 0.0181. The summed E-state index contributed by atoms with van der Waals surface area (Å²) in [5, 5.41) is 0. The Balaban J connectivity index is 1.83. The molecule has 0 heterocycles. The van der Waals surface area contributed by atoms with Gasteiger partial charge in [0.05, 0.1) is 5.92 Å². The zero-order valence-corrected chi connectivity index (χ0v) is 13.4. The van der Waals surface area contributed by atoms with Crippen molar-refractivity contribution in [3.05, 3.63) is 41.0 Å². The van der Waals surface area contributed by atoms with Crippen molar-refractivity contribution in [3.63, 3.8) is 0 Å². The van der Waals surface area contributed by atoms with Crippen molar-refractivity contribution < 1.29 is 14.3 Å². The molecule has 0 unspecified atom stereocenters. The predicted octanol–water partition coefficient (Wildman–Crippen LogP) is 4.23. The highest BCUT2D eigenvalue weighted by molar-refractivity contribution is 6.03. The molecule has 0 aromatic heterocycles. The molecule has 22 heavy (non-hydrogen) atoms. The number of fused-ring (bicyclic) bond motifs is 1. The molecule has 1 aromatic carbocycles. The van der Waals surface area contributed by atoms with Crippen LogP contribution in [0.5, 0.6) is 5.75 Å². The summed E-state index contributed by atoms with van der Waals surface area (Å²) in [6.45, 7) is 2.27. The van der Waals surface area contributed by atoms with Gasteiger partial charge in [-0.25, -0.2) is 0 Å². The number of allylic oxidation sites excluding steroid dienone is 2. The zero-order chi connectivity index (χ0) is 15.5. The molecule has 2 aliphatic carbocycles. The standard InChI is InChI=1S/C19H24O3/c1-13-16-6-4-3-5-7-17(16)18(19(13)20)14-8-10-15(11-9-14)22-12-21-2/h8-11,17-18H,3-7,12H2,1-2H3/t17-,18+/m0/s1. The number of hydrogen-bond donors (Lipinski definition) is 0. The lowest BCUT2D eigenvalue weighted by molar-refractivity contribution is -0.116. The Morgan fingerprint density at radius 1 is 1.14 bits per heavy atom. The van der Waals surface area contributed by atoms with Gasteiger partial charge in [-0.2, -0.15) is 0 Å². The van der Waals surface area contributed by atoms with E-state index in [0.717, 1.165) is 29.7 Å². The number of Topliss-reactive ketones (excluding diaryl/α,β-unsaturated/α-hetero) is 1. The molecule has 0 bridgehead atoms. The third kappa shape index (κ3) is 2.82. The van der Waals surface area contributed by atoms with Crippen LogP contribution in [0.25, 0.3) is 0 Å². The highest BCUT2D eigenvalue weighted by Gasteiger charge is 2.40. The Labute approximate surface area is 132 Å². The van der Waals surface area contributed by atoms with Crippen LogP contribution in [0.3, 0.4) is 0 Å². The van der Waals surface area contributed by atoms with Crippen LogP contribution in [0.4, 0.5) is 0 Å². The molecule has 0 spiro atoms. The van der Waals surface area contributed by atoms with Crippen molar-refractivity contribution in [2.24, 2.45) is 5.92 Å². The minimum Gasteiger partial charge on any atom is -0.468 e. The van der Waals surface area contributed by atoms with E-state index in [2.05, 4.69) is 0 Å². The summed E-state index contributed by atoms with van der Waals surface area (Å²) in [6, 6.07) is 7.95. The third-order valence-electron chi connectivity index (χ3n) is 5.03. The normalized spacial score (nSPS) is 25.1. The van der Waals surface area contributed by atoms with Crippen LogP contribution in [-0.4, -0.2) is 19.7 Å². The Hall–Kier alpha value is -1.61. The van der Waals surface area contributed by atoms with Crippen LogP contribution in [0, 0.1) is 5.92 Å². The summed E-state index contributed by atoms with van der Waals surface area (Å²) >= 11 is 0. The van der Waals surface area contributed by atoms with Gasteiger partial charge < -0.3 is 9.47 Å². The fraction of sp³-hybridized carbons (Fsp3) is 0.526. The molecule has 0 radical (unpaired) electrons. The molecule has 2 atom stereocenters. The number of hydrogen-bond acceptors (Lipinski definition) is 3. The molecule has 118 valence electrons. The van der Waals surface area contributed by atoms with Crippen LogP contribution in [0.1, 0.15) is 50.5 Å². The second kappa shape index (κ2) is 6.66. The van der Waals surface area contributed by atoms with Crippen LogP contribution >= 0.6 is 0 Å². The number of carbonyl (C=O) groups excluding carboxylic acids is 1. The second-order valence-corrected chi connectivity index (χ2v) is 6.32. The fourth-order valence-electron chi connectivity index (χ4n) is 3.91. The van der Waals surface area contributed by atoms with Crippen LogP contribution < -0.4 is 4.74 Å². The van der Waals surface area contributed by atoms with Crippen molar-refractivity contribution in [1.29, 1.82) is 0 Å². The quantitative estimate of drug-likeness (QED) is 0.781. The minimum atomic E-state index is 0.0181. The lowest BCUT2D eigenvalue weighted by Crippen LogP contribution is -2.15. The van der Waals surface area contributed by atoms with Gasteiger partial charge in [-0.1, -0.05) is 30.5 Å². The maximum absolute atomic E-state index is 12.7. The molecule has 1 aromatic rings. The molecule has 0 aliphatic heterocycles. The second-order valence-electron chi connectivity index (χ2n) is 6.32. The highest BCUT2D eigenvalue weighted by atomic mass is 16.7. The molecule has 3 heteroatoms. The summed E-state index contributed by atoms with van der Waals surface area (Å²) in [5.74, 6) is 1.54. The van der Waals surface area contributed by atoms with E-state index in [1.54, 1.807) is 7.11 Å². The smallest absolute Gasteiger partial charge is 0.188 e. The first-order valence-electron chi connectivity index (χ1n) is 8.18. The SMILES string of the molecule is COCOc1ccc([C@H]2C(=O)C(C)=C3CCCCC[C@@H]32)cc1. The van der Waals surface area contributed by atoms with E-state index >= 15 is 0 Å². The van der Waals surface area contributed by atoms with Gasteiger partial charge in [0.25, 0.3) is 0 Å². The van der Waals surface area contributed by atoms with Gasteiger partial charge in [0.2, 0.25) is 0 Å². The summed E-state index contributed by atoms with van der Waals surface area (Å²) < 4.78 is 10.3. The number of ether oxygens (including phenoxy) is 2. The number of benzene rings is 1. The number of rotatable bonds is 4. The van der Waals surface area contributed by atoms with Crippen molar-refractivity contribution in [2.45, 2.75) is 44.9 Å². The molecular formula is C19H24O3. The molecule has 2 aliphatic rings. The van der Waals surface area contributed by atoms with E-state index < -0.39 is 0 Å². The van der Waals surface area contributed by atoms with Gasteiger partial charge in [-0.05, 0) is 55.4 Å². The average Bonchev–Trinajstić information content (AvgIpc) is 2.72. The number of ketones is 1. The maximum Gasteiger partial charge on any atom is 0.188 e. The average molecular weight is 300 g/mol. The monoisotopic (exact) mass is 300 g/mol. The lowest BCUT2D eigenvalue weighted by atomic mass is 9.82. The largest absolute Gasteiger partial charge is 0.468 e. The molecule has 1 fully saturated rings. The Morgan fingerprint density at radius 2 is 1.91 bits per heavy atom. The van der Waals surface area contributed by atoms with E-state index in [9.17, 15) is 4.79 Å². The molecule has 1 saturated carbocycles. The first-order chi connectivity index (χ1) is 10.7. The Kier molecular flexibility index (Phi) is 4.63. The van der Waals surface area contributed by atoms with Gasteiger partial charge in [0.15, 0.2) is 12.6 Å². The first-order valence-corrected chi connectivity index (χ1v) is 8.18. The van der Waals surface area contributed by atoms with Gasteiger partial charge in [0.1, 0.15) is 5.75 Å². The van der Waals surface area contributed by atoms with Gasteiger partial charge in [-0.15, -0.1) is 0 Å². The van der Waals surface area contributed by atoms with E-state index in [-0.39, 0.29) is 12.7 Å². The molecule has 0 amide bonds. The van der Waals surface area contributed by atoms with Crippen LogP contribution in [-0.2, 0) is 9.53 Å². The van der Waals surface area contributed by atoms with Crippen molar-refractivity contribution in [3.8, 4) is 5.75 Å². The predicted molar refractivity (Wildman–Crippen MR) is 86.0 cm³/mol. The van der Waals surface area contributed by atoms with E-state index in [1.807, 2.05) is 31.2 Å².